The Morgan fingerprint density at radius 3 is 2.74 bits per heavy atom. The Kier molecular flexibility index (Phi) is 6.32. The predicted octanol–water partition coefficient (Wildman–Crippen LogP) is 5.31. The Morgan fingerprint density at radius 2 is 1.95 bits per heavy atom. The van der Waals surface area contributed by atoms with Crippen LogP contribution in [0.1, 0.15) is 37.7 Å². The lowest BCUT2D eigenvalue weighted by atomic mass is 9.95. The number of rotatable bonds is 6. The highest BCUT2D eigenvalue weighted by Gasteiger charge is 2.49. The van der Waals surface area contributed by atoms with Gasteiger partial charge in [0.1, 0.15) is 29.9 Å². The first-order chi connectivity index (χ1) is 20.8. The zero-order chi connectivity index (χ0) is 29.5. The maximum atomic E-state index is 16.9. The average molecular weight is 608 g/mol. The van der Waals surface area contributed by atoms with E-state index in [0.717, 1.165) is 56.7 Å². The van der Waals surface area contributed by atoms with E-state index in [2.05, 4.69) is 31.7 Å². The average Bonchev–Trinajstić information content (AvgIpc) is 3.74. The number of nitrogens with zero attached hydrogens (tertiary/aromatic N) is 5. The molecule has 4 fully saturated rings. The summed E-state index contributed by atoms with van der Waals surface area (Å²) in [5.74, 6) is -0.459. The van der Waals surface area contributed by atoms with E-state index in [1.165, 1.54) is 12.1 Å². The minimum absolute atomic E-state index is 0.0651. The van der Waals surface area contributed by atoms with Gasteiger partial charge in [-0.2, -0.15) is 9.97 Å². The number of anilines is 2. The van der Waals surface area contributed by atoms with Crippen LogP contribution in [-0.4, -0.2) is 76.4 Å². The topological polar surface area (TPSA) is 92.4 Å². The van der Waals surface area contributed by atoms with Gasteiger partial charge in [0.25, 0.3) is 0 Å². The number of halogens is 3. The number of fused-ring (bicyclic) bond motifs is 5. The molecule has 0 saturated carbocycles. The van der Waals surface area contributed by atoms with Crippen LogP contribution in [0.5, 0.6) is 6.01 Å². The van der Waals surface area contributed by atoms with Crippen molar-refractivity contribution in [1.82, 2.24) is 25.2 Å². The van der Waals surface area contributed by atoms with Gasteiger partial charge in [-0.1, -0.05) is 24.0 Å². The molecule has 0 amide bonds. The molecule has 43 heavy (non-hydrogen) atoms. The lowest BCUT2D eigenvalue weighted by Crippen LogP contribution is -2.51. The van der Waals surface area contributed by atoms with Crippen molar-refractivity contribution in [1.29, 1.82) is 0 Å². The fraction of sp³-hybridized carbons (Fsp3) is 0.452. The molecule has 4 aromatic rings. The van der Waals surface area contributed by atoms with E-state index in [-0.39, 0.29) is 39.0 Å². The lowest BCUT2D eigenvalue weighted by Gasteiger charge is -2.35. The summed E-state index contributed by atoms with van der Waals surface area (Å²) in [6, 6.07) is 5.37. The van der Waals surface area contributed by atoms with Gasteiger partial charge < -0.3 is 20.7 Å². The summed E-state index contributed by atoms with van der Waals surface area (Å²) in [5.41, 5.74) is 7.06. The van der Waals surface area contributed by atoms with Crippen LogP contribution in [0.25, 0.3) is 38.3 Å². The van der Waals surface area contributed by atoms with Gasteiger partial charge >= 0.3 is 6.01 Å². The van der Waals surface area contributed by atoms with Crippen molar-refractivity contribution in [2.45, 2.75) is 55.9 Å². The Labute approximate surface area is 250 Å². The van der Waals surface area contributed by atoms with E-state index < -0.39 is 23.3 Å². The fourth-order valence-electron chi connectivity index (χ4n) is 7.76. The first kappa shape index (κ1) is 27.1. The van der Waals surface area contributed by atoms with Crippen molar-refractivity contribution in [2.24, 2.45) is 0 Å². The third-order valence-electron chi connectivity index (χ3n) is 9.67. The molecule has 12 heteroatoms. The molecule has 2 bridgehead atoms. The van der Waals surface area contributed by atoms with Crippen molar-refractivity contribution in [2.75, 3.05) is 43.4 Å². The number of nitrogens with one attached hydrogen (secondary N) is 1. The minimum Gasteiger partial charge on any atom is -0.461 e. The number of nitrogens with two attached hydrogens (primary N) is 1. The van der Waals surface area contributed by atoms with Crippen molar-refractivity contribution >= 4 is 49.5 Å². The van der Waals surface area contributed by atoms with Crippen LogP contribution in [-0.2, 0) is 0 Å². The number of hydrogen-bond donors (Lipinski definition) is 2. The van der Waals surface area contributed by atoms with Crippen LogP contribution in [0.4, 0.5) is 24.1 Å². The molecule has 4 aliphatic rings. The second-order valence-electron chi connectivity index (χ2n) is 12.3. The molecule has 0 radical (unpaired) electrons. The van der Waals surface area contributed by atoms with E-state index in [4.69, 9.17) is 15.5 Å². The molecule has 0 spiro atoms. The number of nitrogen functional groups attached to an aromatic ring is 1. The monoisotopic (exact) mass is 607 g/mol. The highest BCUT2D eigenvalue weighted by Crippen LogP contribution is 2.43. The quantitative estimate of drug-likeness (QED) is 0.305. The van der Waals surface area contributed by atoms with Crippen molar-refractivity contribution < 1.29 is 17.9 Å². The largest absolute Gasteiger partial charge is 0.461 e. The van der Waals surface area contributed by atoms with E-state index in [1.807, 2.05) is 6.07 Å². The number of ether oxygens (including phenoxy) is 1. The second kappa shape index (κ2) is 10.0. The van der Waals surface area contributed by atoms with Crippen LogP contribution < -0.4 is 20.7 Å². The Bertz CT molecular complexity index is 1770. The Morgan fingerprint density at radius 1 is 1.14 bits per heavy atom. The summed E-state index contributed by atoms with van der Waals surface area (Å²) in [5, 5.41) is 4.38. The van der Waals surface area contributed by atoms with Crippen molar-refractivity contribution in [3.05, 3.63) is 42.0 Å². The van der Waals surface area contributed by atoms with Gasteiger partial charge in [-0.15, -0.1) is 0 Å². The summed E-state index contributed by atoms with van der Waals surface area (Å²) in [7, 11) is 0. The Balaban J connectivity index is 1.29. The molecule has 2 aromatic heterocycles. The zero-order valence-electron chi connectivity index (χ0n) is 23.6. The van der Waals surface area contributed by atoms with E-state index >= 15 is 4.39 Å². The SMILES string of the molecule is C=Cc1cc2c(N3C[C@H]4CC[C@@H](C3)N4)nc(OC[C@@]34CCCN3C[C@H](F)C4)nc2c(F)c1-c1ccc(F)c2sc(N)nc12. The fourth-order valence-corrected chi connectivity index (χ4v) is 8.53. The molecule has 8 nitrogen and oxygen atoms in total. The van der Waals surface area contributed by atoms with E-state index in [1.54, 1.807) is 6.08 Å². The highest BCUT2D eigenvalue weighted by atomic mass is 32.1. The van der Waals surface area contributed by atoms with Gasteiger partial charge in [0.15, 0.2) is 10.9 Å². The smallest absolute Gasteiger partial charge is 0.319 e. The number of alkyl halides is 1. The molecular weight excluding hydrogens is 575 g/mol. The maximum absolute atomic E-state index is 16.9. The molecule has 4 aliphatic heterocycles. The second-order valence-corrected chi connectivity index (χ2v) is 13.3. The van der Waals surface area contributed by atoms with Gasteiger partial charge in [-0.3, -0.25) is 4.90 Å². The third kappa shape index (κ3) is 4.36. The first-order valence-corrected chi connectivity index (χ1v) is 15.7. The standard InChI is InChI=1S/C31H32F3N7OS/c1-2-16-10-21-25(24(34)23(16)20-6-7-22(33)27-26(20)37-29(35)43-27)38-30(39-28(21)40-13-18-4-5-19(14-40)36-18)42-15-31-8-3-9-41(31)12-17(32)11-31/h2,6-7,10,17-19,36H,1,3-5,8-9,11-15H2,(H2,35,37)/t17-,18-,19+,31+/m1/s1. The van der Waals surface area contributed by atoms with Crippen LogP contribution in [0.15, 0.2) is 24.8 Å². The molecule has 3 N–H and O–H groups in total. The van der Waals surface area contributed by atoms with Gasteiger partial charge in [0, 0.05) is 54.7 Å². The van der Waals surface area contributed by atoms with Crippen LogP contribution in [0.3, 0.4) is 0 Å². The molecule has 8 rings (SSSR count). The van der Waals surface area contributed by atoms with Gasteiger partial charge in [-0.25, -0.2) is 18.2 Å². The molecule has 4 saturated heterocycles. The number of piperazine rings is 1. The van der Waals surface area contributed by atoms with Crippen LogP contribution >= 0.6 is 11.3 Å². The number of benzene rings is 2. The molecule has 224 valence electrons. The summed E-state index contributed by atoms with van der Waals surface area (Å²) in [6.45, 7) is 6.91. The highest BCUT2D eigenvalue weighted by molar-refractivity contribution is 7.22. The summed E-state index contributed by atoms with van der Waals surface area (Å²) in [6.07, 6.45) is 5.08. The molecule has 6 heterocycles. The zero-order valence-corrected chi connectivity index (χ0v) is 24.4. The predicted molar refractivity (Wildman–Crippen MR) is 163 cm³/mol. The van der Waals surface area contributed by atoms with Crippen molar-refractivity contribution in [3.8, 4) is 17.1 Å². The van der Waals surface area contributed by atoms with Gasteiger partial charge in [0.2, 0.25) is 0 Å². The van der Waals surface area contributed by atoms with Crippen LogP contribution in [0.2, 0.25) is 0 Å². The minimum atomic E-state index is -0.891. The normalized spacial score (nSPS) is 27.0. The molecule has 2 aromatic carbocycles. The number of aromatic nitrogens is 3. The molecule has 4 atom stereocenters. The Hall–Kier alpha value is -3.48. The third-order valence-corrected chi connectivity index (χ3v) is 10.6. The summed E-state index contributed by atoms with van der Waals surface area (Å²) >= 11 is 1.02. The number of thiazole rings is 1. The first-order valence-electron chi connectivity index (χ1n) is 14.9. The van der Waals surface area contributed by atoms with Gasteiger partial charge in [0.05, 0.1) is 15.8 Å². The van der Waals surface area contributed by atoms with Gasteiger partial charge in [-0.05, 0) is 56.0 Å². The van der Waals surface area contributed by atoms with E-state index in [0.29, 0.717) is 47.4 Å². The van der Waals surface area contributed by atoms with Crippen molar-refractivity contribution in [3.63, 3.8) is 0 Å². The summed E-state index contributed by atoms with van der Waals surface area (Å²) in [4.78, 5) is 18.2. The lowest BCUT2D eigenvalue weighted by molar-refractivity contribution is 0.107. The summed E-state index contributed by atoms with van der Waals surface area (Å²) < 4.78 is 52.5. The number of hydrogen-bond acceptors (Lipinski definition) is 9. The molecular formula is C31H32F3N7OS. The molecule has 0 aliphatic carbocycles. The van der Waals surface area contributed by atoms with Crippen LogP contribution in [0, 0.1) is 11.6 Å². The molecule has 0 unspecified atom stereocenters. The van der Waals surface area contributed by atoms with E-state index in [9.17, 15) is 8.78 Å². The maximum Gasteiger partial charge on any atom is 0.319 e.